The van der Waals surface area contributed by atoms with Crippen molar-refractivity contribution in [1.82, 2.24) is 9.55 Å². The minimum atomic E-state index is -0.138. The molecule has 0 saturated carbocycles. The number of imidazole rings is 1. The number of benzene rings is 1. The summed E-state index contributed by atoms with van der Waals surface area (Å²) < 4.78 is 1.93. The Balaban J connectivity index is 2.43. The zero-order chi connectivity index (χ0) is 11.7. The van der Waals surface area contributed by atoms with Crippen molar-refractivity contribution in [3.8, 4) is 0 Å². The monoisotopic (exact) mass is 217 g/mol. The van der Waals surface area contributed by atoms with Crippen LogP contribution in [0.4, 0.5) is 0 Å². The standard InChI is InChI=1S/C12H15N3O/c1-8(6-13)12(16)9-3-4-11-10(5-9)14-7-15(11)2/h3-5,7-8H,6,13H2,1-2H3. The minimum absolute atomic E-state index is 0.0788. The normalized spacial score (nSPS) is 12.9. The molecular formula is C12H15N3O. The van der Waals surface area contributed by atoms with Crippen LogP contribution in [0.15, 0.2) is 24.5 Å². The molecule has 0 aliphatic carbocycles. The van der Waals surface area contributed by atoms with Crippen molar-refractivity contribution < 1.29 is 4.79 Å². The van der Waals surface area contributed by atoms with Crippen LogP contribution in [-0.2, 0) is 7.05 Å². The molecular weight excluding hydrogens is 202 g/mol. The van der Waals surface area contributed by atoms with E-state index in [0.717, 1.165) is 11.0 Å². The molecule has 0 fully saturated rings. The molecule has 2 rings (SSSR count). The molecule has 0 amide bonds. The predicted molar refractivity (Wildman–Crippen MR) is 63.3 cm³/mol. The van der Waals surface area contributed by atoms with Crippen LogP contribution in [0.25, 0.3) is 11.0 Å². The van der Waals surface area contributed by atoms with Crippen LogP contribution in [0, 0.1) is 5.92 Å². The molecule has 1 unspecified atom stereocenters. The van der Waals surface area contributed by atoms with E-state index < -0.39 is 0 Å². The maximum absolute atomic E-state index is 11.9. The van der Waals surface area contributed by atoms with Crippen LogP contribution in [0.3, 0.4) is 0 Å². The van der Waals surface area contributed by atoms with Crippen LogP contribution >= 0.6 is 0 Å². The Morgan fingerprint density at radius 2 is 2.31 bits per heavy atom. The molecule has 4 heteroatoms. The topological polar surface area (TPSA) is 60.9 Å². The van der Waals surface area contributed by atoms with Gasteiger partial charge in [0.2, 0.25) is 0 Å². The molecule has 2 aromatic rings. The highest BCUT2D eigenvalue weighted by molar-refractivity contribution is 6.00. The molecule has 1 heterocycles. The average Bonchev–Trinajstić information content (AvgIpc) is 2.68. The highest BCUT2D eigenvalue weighted by atomic mass is 16.1. The van der Waals surface area contributed by atoms with Gasteiger partial charge in [-0.2, -0.15) is 0 Å². The molecule has 4 nitrogen and oxygen atoms in total. The van der Waals surface area contributed by atoms with E-state index in [1.165, 1.54) is 0 Å². The molecule has 1 atom stereocenters. The second-order valence-electron chi connectivity index (χ2n) is 4.06. The number of ketones is 1. The molecule has 1 aromatic carbocycles. The van der Waals surface area contributed by atoms with Gasteiger partial charge >= 0.3 is 0 Å². The molecule has 0 bridgehead atoms. The van der Waals surface area contributed by atoms with Crippen LogP contribution < -0.4 is 5.73 Å². The Labute approximate surface area is 94.1 Å². The summed E-state index contributed by atoms with van der Waals surface area (Å²) in [6.45, 7) is 2.21. The van der Waals surface area contributed by atoms with Gasteiger partial charge in [0.15, 0.2) is 5.78 Å². The molecule has 0 radical (unpaired) electrons. The van der Waals surface area contributed by atoms with E-state index in [2.05, 4.69) is 4.98 Å². The third-order valence-electron chi connectivity index (χ3n) is 2.81. The number of aryl methyl sites for hydroxylation is 1. The highest BCUT2D eigenvalue weighted by Gasteiger charge is 2.14. The molecule has 0 saturated heterocycles. The fourth-order valence-corrected chi connectivity index (χ4v) is 1.68. The number of hydrogen-bond donors (Lipinski definition) is 1. The van der Waals surface area contributed by atoms with E-state index in [4.69, 9.17) is 5.73 Å². The largest absolute Gasteiger partial charge is 0.334 e. The molecule has 1 aromatic heterocycles. The van der Waals surface area contributed by atoms with Crippen LogP contribution in [0.5, 0.6) is 0 Å². The molecule has 0 aliphatic rings. The Morgan fingerprint density at radius 1 is 1.56 bits per heavy atom. The second-order valence-corrected chi connectivity index (χ2v) is 4.06. The van der Waals surface area contributed by atoms with E-state index in [1.807, 2.05) is 36.7 Å². The van der Waals surface area contributed by atoms with Gasteiger partial charge in [-0.05, 0) is 18.2 Å². The molecule has 84 valence electrons. The zero-order valence-corrected chi connectivity index (χ0v) is 9.47. The van der Waals surface area contributed by atoms with Crippen molar-refractivity contribution in [2.24, 2.45) is 18.7 Å². The van der Waals surface area contributed by atoms with Gasteiger partial charge < -0.3 is 10.3 Å². The SMILES string of the molecule is CC(CN)C(=O)c1ccc2c(c1)ncn2C. The first kappa shape index (κ1) is 10.8. The lowest BCUT2D eigenvalue weighted by Gasteiger charge is -2.07. The van der Waals surface area contributed by atoms with Crippen molar-refractivity contribution >= 4 is 16.8 Å². The number of rotatable bonds is 3. The molecule has 16 heavy (non-hydrogen) atoms. The summed E-state index contributed by atoms with van der Waals surface area (Å²) in [4.78, 5) is 16.1. The van der Waals surface area contributed by atoms with Gasteiger partial charge in [0, 0.05) is 25.1 Å². The van der Waals surface area contributed by atoms with E-state index in [9.17, 15) is 4.79 Å². The summed E-state index contributed by atoms with van der Waals surface area (Å²) in [5.41, 5.74) is 8.04. The lowest BCUT2D eigenvalue weighted by Crippen LogP contribution is -2.20. The smallest absolute Gasteiger partial charge is 0.167 e. The van der Waals surface area contributed by atoms with Crippen molar-refractivity contribution in [2.75, 3.05) is 6.54 Å². The quantitative estimate of drug-likeness (QED) is 0.789. The van der Waals surface area contributed by atoms with Crippen LogP contribution in [0.1, 0.15) is 17.3 Å². The summed E-state index contributed by atoms with van der Waals surface area (Å²) in [6.07, 6.45) is 1.74. The van der Waals surface area contributed by atoms with Crippen molar-refractivity contribution in [1.29, 1.82) is 0 Å². The molecule has 0 aliphatic heterocycles. The van der Waals surface area contributed by atoms with E-state index in [-0.39, 0.29) is 11.7 Å². The maximum atomic E-state index is 11.9. The highest BCUT2D eigenvalue weighted by Crippen LogP contribution is 2.16. The van der Waals surface area contributed by atoms with Crippen molar-refractivity contribution in [3.63, 3.8) is 0 Å². The zero-order valence-electron chi connectivity index (χ0n) is 9.47. The number of nitrogens with two attached hydrogens (primary N) is 1. The summed E-state index contributed by atoms with van der Waals surface area (Å²) in [7, 11) is 1.93. The van der Waals surface area contributed by atoms with Gasteiger partial charge in [-0.15, -0.1) is 0 Å². The number of hydrogen-bond acceptors (Lipinski definition) is 3. The third-order valence-corrected chi connectivity index (χ3v) is 2.81. The van der Waals surface area contributed by atoms with E-state index in [1.54, 1.807) is 6.33 Å². The fraction of sp³-hybridized carbons (Fsp3) is 0.333. The van der Waals surface area contributed by atoms with Gasteiger partial charge in [0.1, 0.15) is 0 Å². The van der Waals surface area contributed by atoms with Gasteiger partial charge in [0.25, 0.3) is 0 Å². The summed E-state index contributed by atoms with van der Waals surface area (Å²) in [6, 6.07) is 5.57. The Bertz CT molecular complexity index is 530. The first-order chi connectivity index (χ1) is 7.63. The number of carbonyl (C=O) groups excluding carboxylic acids is 1. The van der Waals surface area contributed by atoms with Gasteiger partial charge in [0.05, 0.1) is 17.4 Å². The Hall–Kier alpha value is -1.68. The first-order valence-electron chi connectivity index (χ1n) is 5.29. The number of fused-ring (bicyclic) bond motifs is 1. The summed E-state index contributed by atoms with van der Waals surface area (Å²) in [5.74, 6) is -0.0591. The lowest BCUT2D eigenvalue weighted by atomic mass is 9.99. The minimum Gasteiger partial charge on any atom is -0.334 e. The number of nitrogens with zero attached hydrogens (tertiary/aromatic N) is 2. The number of aromatic nitrogens is 2. The number of Topliss-reactive ketones (excluding diaryl/α,β-unsaturated/α-hetero) is 1. The lowest BCUT2D eigenvalue weighted by molar-refractivity contribution is 0.0934. The Kier molecular flexibility index (Phi) is 2.75. The van der Waals surface area contributed by atoms with Gasteiger partial charge in [-0.3, -0.25) is 4.79 Å². The van der Waals surface area contributed by atoms with Crippen molar-refractivity contribution in [3.05, 3.63) is 30.1 Å². The molecule has 2 N–H and O–H groups in total. The summed E-state index contributed by atoms with van der Waals surface area (Å²) in [5, 5.41) is 0. The fourth-order valence-electron chi connectivity index (χ4n) is 1.68. The average molecular weight is 217 g/mol. The molecule has 0 spiro atoms. The second kappa shape index (κ2) is 4.06. The van der Waals surface area contributed by atoms with E-state index in [0.29, 0.717) is 12.1 Å². The van der Waals surface area contributed by atoms with Crippen molar-refractivity contribution in [2.45, 2.75) is 6.92 Å². The first-order valence-corrected chi connectivity index (χ1v) is 5.29. The van der Waals surface area contributed by atoms with Gasteiger partial charge in [-0.25, -0.2) is 4.98 Å². The van der Waals surface area contributed by atoms with E-state index >= 15 is 0 Å². The van der Waals surface area contributed by atoms with Gasteiger partial charge in [-0.1, -0.05) is 6.92 Å². The number of carbonyl (C=O) groups is 1. The van der Waals surface area contributed by atoms with Crippen LogP contribution in [0.2, 0.25) is 0 Å². The maximum Gasteiger partial charge on any atom is 0.167 e. The summed E-state index contributed by atoms with van der Waals surface area (Å²) >= 11 is 0. The predicted octanol–water partition coefficient (Wildman–Crippen LogP) is 1.35. The van der Waals surface area contributed by atoms with Crippen LogP contribution in [-0.4, -0.2) is 21.9 Å². The third kappa shape index (κ3) is 1.72. The Morgan fingerprint density at radius 3 is 3.00 bits per heavy atom.